The van der Waals surface area contributed by atoms with Gasteiger partial charge in [0, 0.05) is 42.6 Å². The van der Waals surface area contributed by atoms with Crippen LogP contribution in [0.15, 0.2) is 224 Å². The fraction of sp³-hybridized carbons (Fsp3) is 0.0323. The van der Waals surface area contributed by atoms with Crippen LogP contribution in [0, 0.1) is 0 Å². The predicted octanol–water partition coefficient (Wildman–Crippen LogP) is 16.3. The van der Waals surface area contributed by atoms with Crippen molar-refractivity contribution in [2.75, 3.05) is 4.90 Å². The van der Waals surface area contributed by atoms with E-state index in [0.717, 1.165) is 39.7 Å². The zero-order chi connectivity index (χ0) is 42.4. The fourth-order valence-corrected chi connectivity index (χ4v) is 13.8. The number of rotatable bonds is 3. The molecule has 1 aromatic heterocycles. The first-order valence-corrected chi connectivity index (χ1v) is 23.3. The minimum atomic E-state index is -0.604. The Bertz CT molecular complexity index is 3760. The third-order valence-corrected chi connectivity index (χ3v) is 16.1. The van der Waals surface area contributed by atoms with Crippen molar-refractivity contribution < 1.29 is 4.74 Å². The number of fused-ring (bicyclic) bond motifs is 22. The van der Waals surface area contributed by atoms with Gasteiger partial charge in [-0.3, -0.25) is 0 Å². The van der Waals surface area contributed by atoms with E-state index < -0.39 is 10.8 Å². The van der Waals surface area contributed by atoms with Gasteiger partial charge in [-0.1, -0.05) is 176 Å². The number of hydrogen-bond donors (Lipinski definition) is 0. The van der Waals surface area contributed by atoms with Crippen molar-refractivity contribution in [3.8, 4) is 44.9 Å². The first kappa shape index (κ1) is 35.5. The lowest BCUT2D eigenvalue weighted by atomic mass is 9.66. The van der Waals surface area contributed by atoms with Gasteiger partial charge in [-0.15, -0.1) is 11.3 Å². The highest BCUT2D eigenvalue weighted by atomic mass is 32.1. The second kappa shape index (κ2) is 12.8. The standard InChI is InChI=1S/C62H37NOS/c1-7-23-45-39(17-1)40-18-2-8-24-46(40)61(45)49-27-11-5-21-43(49)59-51(61)29-15-30-53(59)63(54-31-16-34-58-60(54)44-22-6-14-33-57(44)65-58)38-35-36-56-52(37-38)62(50-28-12-13-32-55(50)64-56)47-25-9-3-19-41(47)42-20-4-10-26-48(42)62/h1-37H. The van der Waals surface area contributed by atoms with Crippen LogP contribution < -0.4 is 9.64 Å². The molecule has 0 unspecified atom stereocenters. The van der Waals surface area contributed by atoms with E-state index in [1.807, 2.05) is 11.3 Å². The van der Waals surface area contributed by atoms with E-state index >= 15 is 0 Å². The molecule has 0 radical (unpaired) electrons. The lowest BCUT2D eigenvalue weighted by Crippen LogP contribution is -2.32. The number of para-hydroxylation sites is 1. The molecule has 0 amide bonds. The first-order valence-electron chi connectivity index (χ1n) is 22.5. The lowest BCUT2D eigenvalue weighted by Gasteiger charge is -2.40. The van der Waals surface area contributed by atoms with Gasteiger partial charge in [0.05, 0.1) is 22.2 Å². The summed E-state index contributed by atoms with van der Waals surface area (Å²) in [5.74, 6) is 1.77. The number of ether oxygens (including phenoxy) is 1. The maximum absolute atomic E-state index is 6.99. The Kier molecular flexibility index (Phi) is 7.00. The van der Waals surface area contributed by atoms with Crippen molar-refractivity contribution in [2.45, 2.75) is 10.8 Å². The first-order chi connectivity index (χ1) is 32.3. The molecule has 0 bridgehead atoms. The molecule has 0 saturated carbocycles. The van der Waals surface area contributed by atoms with Crippen molar-refractivity contribution in [3.05, 3.63) is 269 Å². The summed E-state index contributed by atoms with van der Waals surface area (Å²) in [6.07, 6.45) is 0. The predicted molar refractivity (Wildman–Crippen MR) is 268 cm³/mol. The second-order valence-corrected chi connectivity index (χ2v) is 18.9. The van der Waals surface area contributed by atoms with Gasteiger partial charge in [0.25, 0.3) is 0 Å². The molecule has 0 saturated heterocycles. The molecule has 15 rings (SSSR count). The summed E-state index contributed by atoms with van der Waals surface area (Å²) < 4.78 is 9.54. The fourth-order valence-electron chi connectivity index (χ4n) is 12.6. The van der Waals surface area contributed by atoms with E-state index in [9.17, 15) is 0 Å². The van der Waals surface area contributed by atoms with E-state index in [1.54, 1.807) is 0 Å². The Morgan fingerprint density at radius 1 is 0.338 bits per heavy atom. The molecule has 65 heavy (non-hydrogen) atoms. The highest BCUT2D eigenvalue weighted by molar-refractivity contribution is 7.26. The van der Waals surface area contributed by atoms with Crippen LogP contribution >= 0.6 is 11.3 Å². The highest BCUT2D eigenvalue weighted by Crippen LogP contribution is 2.66. The molecule has 2 nitrogen and oxygen atoms in total. The topological polar surface area (TPSA) is 12.5 Å². The van der Waals surface area contributed by atoms with Gasteiger partial charge in [0.15, 0.2) is 0 Å². The van der Waals surface area contributed by atoms with Gasteiger partial charge >= 0.3 is 0 Å². The Labute approximate surface area is 380 Å². The van der Waals surface area contributed by atoms with Gasteiger partial charge in [-0.25, -0.2) is 0 Å². The van der Waals surface area contributed by atoms with Crippen LogP contribution in [0.1, 0.15) is 44.5 Å². The molecule has 2 heterocycles. The summed E-state index contributed by atoms with van der Waals surface area (Å²) in [6.45, 7) is 0. The molecular formula is C62H37NOS. The molecule has 11 aromatic rings. The smallest absolute Gasteiger partial charge is 0.132 e. The van der Waals surface area contributed by atoms with E-state index in [-0.39, 0.29) is 0 Å². The summed E-state index contributed by atoms with van der Waals surface area (Å²) in [5, 5.41) is 2.52. The van der Waals surface area contributed by atoms with Crippen molar-refractivity contribution in [2.24, 2.45) is 0 Å². The van der Waals surface area contributed by atoms with Crippen LogP contribution in [0.4, 0.5) is 17.1 Å². The quantitative estimate of drug-likeness (QED) is 0.176. The summed E-state index contributed by atoms with van der Waals surface area (Å²) in [7, 11) is 0. The summed E-state index contributed by atoms with van der Waals surface area (Å²) in [6, 6.07) is 83.7. The van der Waals surface area contributed by atoms with E-state index in [2.05, 4.69) is 229 Å². The van der Waals surface area contributed by atoms with E-state index in [4.69, 9.17) is 4.74 Å². The van der Waals surface area contributed by atoms with Gasteiger partial charge in [-0.2, -0.15) is 0 Å². The molecule has 2 spiro atoms. The average molecular weight is 844 g/mol. The van der Waals surface area contributed by atoms with Crippen LogP contribution in [0.2, 0.25) is 0 Å². The molecule has 4 aliphatic rings. The van der Waals surface area contributed by atoms with E-state index in [0.29, 0.717) is 0 Å². The number of hydrogen-bond acceptors (Lipinski definition) is 3. The maximum atomic E-state index is 6.99. The third-order valence-electron chi connectivity index (χ3n) is 15.0. The number of benzene rings is 10. The van der Waals surface area contributed by atoms with Crippen LogP contribution in [-0.4, -0.2) is 0 Å². The lowest BCUT2D eigenvalue weighted by molar-refractivity contribution is 0.436. The summed E-state index contributed by atoms with van der Waals surface area (Å²) in [5.41, 5.74) is 20.1. The van der Waals surface area contributed by atoms with Gasteiger partial charge in [-0.05, 0) is 110 Å². The third kappa shape index (κ3) is 4.34. The second-order valence-electron chi connectivity index (χ2n) is 17.8. The molecule has 0 N–H and O–H groups in total. The van der Waals surface area contributed by atoms with Crippen LogP contribution in [0.5, 0.6) is 11.5 Å². The minimum absolute atomic E-state index is 0.476. The molecule has 10 aromatic carbocycles. The van der Waals surface area contributed by atoms with Crippen molar-refractivity contribution in [1.29, 1.82) is 0 Å². The number of anilines is 3. The monoisotopic (exact) mass is 843 g/mol. The van der Waals surface area contributed by atoms with Gasteiger partial charge < -0.3 is 9.64 Å². The molecule has 0 atom stereocenters. The van der Waals surface area contributed by atoms with Crippen molar-refractivity contribution in [3.63, 3.8) is 0 Å². The van der Waals surface area contributed by atoms with Crippen LogP contribution in [0.25, 0.3) is 53.6 Å². The molecule has 1 aliphatic heterocycles. The zero-order valence-corrected chi connectivity index (χ0v) is 35.9. The van der Waals surface area contributed by atoms with Crippen molar-refractivity contribution in [1.82, 2.24) is 0 Å². The normalized spacial score (nSPS) is 14.5. The van der Waals surface area contributed by atoms with Crippen molar-refractivity contribution >= 4 is 48.6 Å². The number of nitrogens with zero attached hydrogens (tertiary/aromatic N) is 1. The molecular weight excluding hydrogens is 807 g/mol. The minimum Gasteiger partial charge on any atom is -0.457 e. The van der Waals surface area contributed by atoms with Crippen LogP contribution in [0.3, 0.4) is 0 Å². The summed E-state index contributed by atoms with van der Waals surface area (Å²) >= 11 is 1.87. The SMILES string of the molecule is c1ccc2c(c1)Oc1ccc(N(c3cccc4c3-c3ccccc3C43c4ccccc4-c4ccccc43)c3cccc4sc5ccccc5c34)cc1C21c2ccccc2-c2ccccc21. The Balaban J connectivity index is 1.07. The molecule has 3 heteroatoms. The van der Waals surface area contributed by atoms with Gasteiger partial charge in [0.2, 0.25) is 0 Å². The molecule has 302 valence electrons. The number of thiophene rings is 1. The Morgan fingerprint density at radius 2 is 0.800 bits per heavy atom. The highest BCUT2D eigenvalue weighted by Gasteiger charge is 2.54. The van der Waals surface area contributed by atoms with Gasteiger partial charge in [0.1, 0.15) is 11.5 Å². The van der Waals surface area contributed by atoms with Crippen LogP contribution in [-0.2, 0) is 10.8 Å². The average Bonchev–Trinajstić information content (AvgIpc) is 4.08. The Hall–Kier alpha value is -7.98. The largest absolute Gasteiger partial charge is 0.457 e. The van der Waals surface area contributed by atoms with E-state index in [1.165, 1.54) is 86.9 Å². The summed E-state index contributed by atoms with van der Waals surface area (Å²) in [4.78, 5) is 2.57. The molecule has 0 fully saturated rings. The maximum Gasteiger partial charge on any atom is 0.132 e. The Morgan fingerprint density at radius 3 is 1.46 bits per heavy atom. The zero-order valence-electron chi connectivity index (χ0n) is 35.1. The molecule has 3 aliphatic carbocycles.